The molecule has 0 spiro atoms. The zero-order valence-corrected chi connectivity index (χ0v) is 10.5. The molecule has 0 aromatic heterocycles. The highest BCUT2D eigenvalue weighted by Gasteiger charge is 2.07. The number of hydrogen-bond acceptors (Lipinski definition) is 3. The molecule has 0 unspecified atom stereocenters. The number of para-hydroxylation sites is 1. The summed E-state index contributed by atoms with van der Waals surface area (Å²) in [5, 5.41) is 9.04. The lowest BCUT2D eigenvalue weighted by Gasteiger charge is -2.12. The number of hydrogen-bond donors (Lipinski definition) is 1. The van der Waals surface area contributed by atoms with Crippen LogP contribution in [-0.2, 0) is 6.42 Å². The van der Waals surface area contributed by atoms with Crippen molar-refractivity contribution in [3.05, 3.63) is 28.8 Å². The summed E-state index contributed by atoms with van der Waals surface area (Å²) < 4.78 is 5.67. The van der Waals surface area contributed by atoms with E-state index < -0.39 is 0 Å². The van der Waals surface area contributed by atoms with Crippen LogP contribution in [0.25, 0.3) is 0 Å². The molecular weight excluding hydrogens is 236 g/mol. The fourth-order valence-electron chi connectivity index (χ4n) is 1.55. The van der Waals surface area contributed by atoms with E-state index in [2.05, 4.69) is 6.07 Å². The van der Waals surface area contributed by atoms with Gasteiger partial charge >= 0.3 is 0 Å². The molecule has 0 bridgehead atoms. The first-order valence-electron chi connectivity index (χ1n) is 5.76. The van der Waals surface area contributed by atoms with Crippen molar-refractivity contribution in [1.29, 1.82) is 5.26 Å². The third kappa shape index (κ3) is 4.64. The zero-order chi connectivity index (χ0) is 12.5. The summed E-state index contributed by atoms with van der Waals surface area (Å²) in [5.74, 6) is 0.733. The molecule has 2 N–H and O–H groups in total. The number of rotatable bonds is 7. The second-order valence-electron chi connectivity index (χ2n) is 3.73. The predicted octanol–water partition coefficient (Wildman–Crippen LogP) is 2.91. The van der Waals surface area contributed by atoms with Gasteiger partial charge in [0.1, 0.15) is 5.75 Å². The minimum Gasteiger partial charge on any atom is -0.492 e. The topological polar surface area (TPSA) is 59.0 Å². The Kier molecular flexibility index (Phi) is 6.46. The molecule has 17 heavy (non-hydrogen) atoms. The maximum Gasteiger partial charge on any atom is 0.141 e. The molecule has 1 aromatic rings. The lowest BCUT2D eigenvalue weighted by molar-refractivity contribution is 0.305. The van der Waals surface area contributed by atoms with Crippen molar-refractivity contribution in [1.82, 2.24) is 0 Å². The molecule has 0 heterocycles. The highest BCUT2D eigenvalue weighted by Crippen LogP contribution is 2.29. The smallest absolute Gasteiger partial charge is 0.141 e. The zero-order valence-electron chi connectivity index (χ0n) is 9.79. The van der Waals surface area contributed by atoms with Crippen molar-refractivity contribution >= 4 is 11.6 Å². The lowest BCUT2D eigenvalue weighted by Crippen LogP contribution is -2.06. The van der Waals surface area contributed by atoms with Crippen LogP contribution in [0, 0.1) is 11.3 Å². The van der Waals surface area contributed by atoms with E-state index in [9.17, 15) is 0 Å². The van der Waals surface area contributed by atoms with Crippen LogP contribution in [0.3, 0.4) is 0 Å². The summed E-state index contributed by atoms with van der Waals surface area (Å²) in [6.07, 6.45) is 3.05. The third-order valence-electron chi connectivity index (χ3n) is 2.39. The van der Waals surface area contributed by atoms with Crippen LogP contribution in [0.4, 0.5) is 0 Å². The minimum atomic E-state index is 0.571. The second kappa shape index (κ2) is 7.94. The fourth-order valence-corrected chi connectivity index (χ4v) is 1.80. The van der Waals surface area contributed by atoms with Crippen LogP contribution in [0.5, 0.6) is 5.75 Å². The number of nitrogens with two attached hydrogens (primary N) is 1. The van der Waals surface area contributed by atoms with Crippen molar-refractivity contribution in [2.24, 2.45) is 5.73 Å². The van der Waals surface area contributed by atoms with Crippen molar-refractivity contribution in [2.45, 2.75) is 25.7 Å². The molecule has 0 atom stereocenters. The standard InChI is InChI=1S/C13H17ClN2O/c14-12-6-4-5-11(7-9-16)13(12)17-10-3-1-2-8-15/h4-6H,1-3,7,9-10,16H2. The predicted molar refractivity (Wildman–Crippen MR) is 69.2 cm³/mol. The number of nitrogens with zero attached hydrogens (tertiary/aromatic N) is 1. The Morgan fingerprint density at radius 2 is 2.18 bits per heavy atom. The largest absolute Gasteiger partial charge is 0.492 e. The second-order valence-corrected chi connectivity index (χ2v) is 4.14. The molecule has 1 rings (SSSR count). The van der Waals surface area contributed by atoms with Crippen LogP contribution in [0.15, 0.2) is 18.2 Å². The van der Waals surface area contributed by atoms with Gasteiger partial charge in [-0.1, -0.05) is 23.7 Å². The van der Waals surface area contributed by atoms with Gasteiger partial charge in [0.05, 0.1) is 17.7 Å². The summed E-state index contributed by atoms with van der Waals surface area (Å²) in [4.78, 5) is 0. The van der Waals surface area contributed by atoms with Crippen molar-refractivity contribution in [3.63, 3.8) is 0 Å². The van der Waals surface area contributed by atoms with E-state index in [1.165, 1.54) is 0 Å². The Labute approximate surface area is 107 Å². The Balaban J connectivity index is 2.53. The van der Waals surface area contributed by atoms with E-state index in [0.29, 0.717) is 24.6 Å². The van der Waals surface area contributed by atoms with Gasteiger partial charge in [0, 0.05) is 6.42 Å². The van der Waals surface area contributed by atoms with Gasteiger partial charge in [-0.25, -0.2) is 0 Å². The Bertz CT molecular complexity index is 387. The van der Waals surface area contributed by atoms with Gasteiger partial charge in [0.2, 0.25) is 0 Å². The summed E-state index contributed by atoms with van der Waals surface area (Å²) in [6.45, 7) is 1.16. The van der Waals surface area contributed by atoms with Gasteiger partial charge < -0.3 is 10.5 Å². The van der Waals surface area contributed by atoms with Crippen molar-refractivity contribution in [3.8, 4) is 11.8 Å². The molecule has 0 saturated heterocycles. The highest BCUT2D eigenvalue weighted by atomic mass is 35.5. The normalized spacial score (nSPS) is 9.94. The van der Waals surface area contributed by atoms with Crippen LogP contribution in [0.1, 0.15) is 24.8 Å². The molecule has 0 saturated carbocycles. The lowest BCUT2D eigenvalue weighted by atomic mass is 10.1. The van der Waals surface area contributed by atoms with E-state index in [0.717, 1.165) is 30.6 Å². The highest BCUT2D eigenvalue weighted by molar-refractivity contribution is 6.32. The van der Waals surface area contributed by atoms with E-state index in [-0.39, 0.29) is 0 Å². The Hall–Kier alpha value is -1.24. The molecule has 0 fully saturated rings. The van der Waals surface area contributed by atoms with Crippen LogP contribution in [0.2, 0.25) is 5.02 Å². The third-order valence-corrected chi connectivity index (χ3v) is 2.69. The molecule has 92 valence electrons. The summed E-state index contributed by atoms with van der Waals surface area (Å²) in [6, 6.07) is 7.80. The van der Waals surface area contributed by atoms with Gasteiger partial charge in [0.25, 0.3) is 0 Å². The van der Waals surface area contributed by atoms with Gasteiger partial charge in [-0.2, -0.15) is 5.26 Å². The average Bonchev–Trinajstić information content (AvgIpc) is 2.32. The summed E-state index contributed by atoms with van der Waals surface area (Å²) in [7, 11) is 0. The monoisotopic (exact) mass is 252 g/mol. The van der Waals surface area contributed by atoms with Crippen LogP contribution < -0.4 is 10.5 Å². The Morgan fingerprint density at radius 3 is 2.88 bits per heavy atom. The maximum atomic E-state index is 8.42. The number of benzene rings is 1. The SMILES string of the molecule is N#CCCCCOc1c(Cl)cccc1CCN. The first kappa shape index (κ1) is 13.8. The molecular formula is C13H17ClN2O. The van der Waals surface area contributed by atoms with E-state index in [1.807, 2.05) is 18.2 Å². The molecule has 4 heteroatoms. The molecule has 1 aromatic carbocycles. The first-order chi connectivity index (χ1) is 8.29. The van der Waals surface area contributed by atoms with E-state index in [4.69, 9.17) is 27.3 Å². The summed E-state index contributed by atoms with van der Waals surface area (Å²) >= 11 is 6.09. The fraction of sp³-hybridized carbons (Fsp3) is 0.462. The van der Waals surface area contributed by atoms with Crippen LogP contribution >= 0.6 is 11.6 Å². The van der Waals surface area contributed by atoms with Gasteiger partial charge in [-0.15, -0.1) is 0 Å². The van der Waals surface area contributed by atoms with Crippen molar-refractivity contribution in [2.75, 3.05) is 13.2 Å². The first-order valence-corrected chi connectivity index (χ1v) is 6.14. The molecule has 0 aliphatic heterocycles. The number of unbranched alkanes of at least 4 members (excludes halogenated alkanes) is 2. The summed E-state index contributed by atoms with van der Waals surface area (Å²) in [5.41, 5.74) is 6.58. The quantitative estimate of drug-likeness (QED) is 0.759. The molecule has 0 radical (unpaired) electrons. The number of ether oxygens (including phenoxy) is 1. The van der Waals surface area contributed by atoms with Crippen LogP contribution in [-0.4, -0.2) is 13.2 Å². The average molecular weight is 253 g/mol. The number of halogens is 1. The molecule has 0 amide bonds. The molecule has 3 nitrogen and oxygen atoms in total. The maximum absolute atomic E-state index is 8.42. The molecule has 0 aliphatic rings. The van der Waals surface area contributed by atoms with Crippen molar-refractivity contribution < 1.29 is 4.74 Å². The van der Waals surface area contributed by atoms with Gasteiger partial charge in [-0.05, 0) is 37.4 Å². The number of nitriles is 1. The van der Waals surface area contributed by atoms with Gasteiger partial charge in [0.15, 0.2) is 0 Å². The molecule has 0 aliphatic carbocycles. The minimum absolute atomic E-state index is 0.571. The van der Waals surface area contributed by atoms with E-state index in [1.54, 1.807) is 0 Å². The Morgan fingerprint density at radius 1 is 1.35 bits per heavy atom. The van der Waals surface area contributed by atoms with E-state index >= 15 is 0 Å². The van der Waals surface area contributed by atoms with Gasteiger partial charge in [-0.3, -0.25) is 0 Å².